The molecular formula is C20H19NO7S. The molecule has 0 spiro atoms. The largest absolute Gasteiger partial charge is 0.468 e. The third-order valence-corrected chi connectivity index (χ3v) is 5.29. The number of benzene rings is 2. The lowest BCUT2D eigenvalue weighted by Crippen LogP contribution is -2.16. The van der Waals surface area contributed by atoms with Crippen molar-refractivity contribution in [2.45, 2.75) is 18.3 Å². The maximum atomic E-state index is 12.6. The molecule has 0 saturated heterocycles. The Morgan fingerprint density at radius 1 is 1.03 bits per heavy atom. The number of hydrogen-bond donors (Lipinski definition) is 1. The second-order valence-corrected chi connectivity index (χ2v) is 7.86. The molecule has 2 aromatic carbocycles. The van der Waals surface area contributed by atoms with E-state index < -0.39 is 33.5 Å². The summed E-state index contributed by atoms with van der Waals surface area (Å²) in [6.45, 7) is 0.620. The standard InChI is InChI=1S/C20H19NO7S/c21-20-19(28-29(24,25)12-15-4-2-1-3-5-15)17(23)18(27-20)16-8-6-14(7-9-16)10-11-26-13-22/h1-9,13,18H,10-12,21H2. The molecule has 1 aliphatic rings. The van der Waals surface area contributed by atoms with Gasteiger partial charge in [-0.25, -0.2) is 0 Å². The molecule has 1 heterocycles. The van der Waals surface area contributed by atoms with Crippen LogP contribution in [0.3, 0.4) is 0 Å². The summed E-state index contributed by atoms with van der Waals surface area (Å²) >= 11 is 0. The summed E-state index contributed by atoms with van der Waals surface area (Å²) in [4.78, 5) is 22.8. The third-order valence-electron chi connectivity index (χ3n) is 4.19. The first-order valence-electron chi connectivity index (χ1n) is 8.70. The molecule has 3 rings (SSSR count). The Morgan fingerprint density at radius 3 is 2.38 bits per heavy atom. The van der Waals surface area contributed by atoms with E-state index in [1.54, 1.807) is 54.6 Å². The second-order valence-electron chi connectivity index (χ2n) is 6.29. The minimum Gasteiger partial charge on any atom is -0.468 e. The van der Waals surface area contributed by atoms with Crippen LogP contribution in [-0.4, -0.2) is 27.3 Å². The minimum absolute atomic E-state index is 0.244. The van der Waals surface area contributed by atoms with E-state index in [1.807, 2.05) is 0 Å². The Balaban J connectivity index is 1.68. The van der Waals surface area contributed by atoms with Crippen LogP contribution < -0.4 is 5.73 Å². The summed E-state index contributed by atoms with van der Waals surface area (Å²) in [6, 6.07) is 15.3. The van der Waals surface area contributed by atoms with Crippen LogP contribution in [0.25, 0.3) is 0 Å². The van der Waals surface area contributed by atoms with Crippen molar-refractivity contribution < 1.29 is 31.7 Å². The van der Waals surface area contributed by atoms with Crippen LogP contribution in [0.4, 0.5) is 0 Å². The summed E-state index contributed by atoms with van der Waals surface area (Å²) < 4.78 is 39.6. The normalized spacial score (nSPS) is 16.4. The SMILES string of the molecule is NC1=C(OS(=O)(=O)Cc2ccccc2)C(=O)C(c2ccc(CCOC=O)cc2)O1. The van der Waals surface area contributed by atoms with Crippen LogP contribution in [0, 0.1) is 0 Å². The van der Waals surface area contributed by atoms with E-state index in [1.165, 1.54) is 0 Å². The smallest absolute Gasteiger partial charge is 0.313 e. The maximum Gasteiger partial charge on any atom is 0.313 e. The van der Waals surface area contributed by atoms with E-state index in [0.29, 0.717) is 24.0 Å². The Bertz CT molecular complexity index is 1010. The fourth-order valence-electron chi connectivity index (χ4n) is 2.79. The molecule has 152 valence electrons. The molecule has 29 heavy (non-hydrogen) atoms. The molecule has 1 atom stereocenters. The summed E-state index contributed by atoms with van der Waals surface area (Å²) in [5.41, 5.74) is 7.61. The fourth-order valence-corrected chi connectivity index (χ4v) is 3.87. The van der Waals surface area contributed by atoms with Gasteiger partial charge in [0.2, 0.25) is 17.4 Å². The fraction of sp³-hybridized carbons (Fsp3) is 0.200. The van der Waals surface area contributed by atoms with E-state index >= 15 is 0 Å². The quantitative estimate of drug-likeness (QED) is 0.372. The van der Waals surface area contributed by atoms with Gasteiger partial charge in [0, 0.05) is 12.0 Å². The van der Waals surface area contributed by atoms with Gasteiger partial charge in [0.25, 0.3) is 6.47 Å². The number of rotatable bonds is 9. The number of carbonyl (C=O) groups is 2. The van der Waals surface area contributed by atoms with Crippen molar-refractivity contribution >= 4 is 22.4 Å². The predicted octanol–water partition coefficient (Wildman–Crippen LogP) is 1.72. The van der Waals surface area contributed by atoms with E-state index in [4.69, 9.17) is 14.7 Å². The van der Waals surface area contributed by atoms with Gasteiger partial charge in [-0.1, -0.05) is 54.6 Å². The van der Waals surface area contributed by atoms with E-state index in [9.17, 15) is 18.0 Å². The third kappa shape index (κ3) is 5.14. The van der Waals surface area contributed by atoms with Crippen LogP contribution in [-0.2, 0) is 45.5 Å². The van der Waals surface area contributed by atoms with Crippen molar-refractivity contribution in [3.05, 3.63) is 82.9 Å². The van der Waals surface area contributed by atoms with E-state index in [-0.39, 0.29) is 12.5 Å². The molecule has 0 bridgehead atoms. The van der Waals surface area contributed by atoms with Crippen LogP contribution in [0.5, 0.6) is 0 Å². The van der Waals surface area contributed by atoms with Gasteiger partial charge in [0.05, 0.1) is 6.61 Å². The summed E-state index contributed by atoms with van der Waals surface area (Å²) in [5, 5.41) is 0. The van der Waals surface area contributed by atoms with Crippen LogP contribution in [0.15, 0.2) is 66.2 Å². The Morgan fingerprint density at radius 2 is 1.72 bits per heavy atom. The minimum atomic E-state index is -4.09. The molecule has 0 radical (unpaired) electrons. The molecule has 0 aliphatic carbocycles. The predicted molar refractivity (Wildman–Crippen MR) is 102 cm³/mol. The van der Waals surface area contributed by atoms with Gasteiger partial charge in [-0.15, -0.1) is 0 Å². The zero-order valence-electron chi connectivity index (χ0n) is 15.3. The van der Waals surface area contributed by atoms with Crippen LogP contribution in [0.2, 0.25) is 0 Å². The Hall–Kier alpha value is -3.33. The highest BCUT2D eigenvalue weighted by Crippen LogP contribution is 2.32. The van der Waals surface area contributed by atoms with Gasteiger partial charge in [0.1, 0.15) is 5.75 Å². The van der Waals surface area contributed by atoms with Gasteiger partial charge in [-0.3, -0.25) is 9.59 Å². The first kappa shape index (κ1) is 20.4. The maximum absolute atomic E-state index is 12.6. The van der Waals surface area contributed by atoms with Crippen molar-refractivity contribution in [3.8, 4) is 0 Å². The highest BCUT2D eigenvalue weighted by molar-refractivity contribution is 7.86. The summed E-state index contributed by atoms with van der Waals surface area (Å²) in [6.07, 6.45) is -0.567. The number of Topliss-reactive ketones (excluding diaryl/α,β-unsaturated/α-hetero) is 1. The molecule has 1 unspecified atom stereocenters. The van der Waals surface area contributed by atoms with Gasteiger partial charge < -0.3 is 19.4 Å². The van der Waals surface area contributed by atoms with Gasteiger partial charge >= 0.3 is 10.1 Å². The molecule has 0 fully saturated rings. The molecule has 1 aliphatic heterocycles. The topological polar surface area (TPSA) is 122 Å². The molecule has 8 nitrogen and oxygen atoms in total. The Labute approximate surface area is 168 Å². The number of ketones is 1. The highest BCUT2D eigenvalue weighted by atomic mass is 32.2. The summed E-state index contributed by atoms with van der Waals surface area (Å²) in [5.74, 6) is -1.97. The van der Waals surface area contributed by atoms with Crippen molar-refractivity contribution in [2.24, 2.45) is 5.73 Å². The molecule has 0 aromatic heterocycles. The lowest BCUT2D eigenvalue weighted by molar-refractivity contribution is -0.128. The number of nitrogens with two attached hydrogens (primary N) is 1. The molecule has 9 heteroatoms. The zero-order valence-corrected chi connectivity index (χ0v) is 16.1. The monoisotopic (exact) mass is 417 g/mol. The average Bonchev–Trinajstić information content (AvgIpc) is 2.97. The number of hydrogen-bond acceptors (Lipinski definition) is 8. The van der Waals surface area contributed by atoms with Crippen molar-refractivity contribution in [3.63, 3.8) is 0 Å². The number of ether oxygens (including phenoxy) is 2. The van der Waals surface area contributed by atoms with Crippen LogP contribution >= 0.6 is 0 Å². The lowest BCUT2D eigenvalue weighted by Gasteiger charge is -2.11. The van der Waals surface area contributed by atoms with E-state index in [0.717, 1.165) is 5.56 Å². The van der Waals surface area contributed by atoms with Crippen molar-refractivity contribution in [2.75, 3.05) is 6.61 Å². The molecular weight excluding hydrogens is 398 g/mol. The highest BCUT2D eigenvalue weighted by Gasteiger charge is 2.39. The molecule has 2 aromatic rings. The van der Waals surface area contributed by atoms with Gasteiger partial charge in [-0.05, 0) is 11.1 Å². The average molecular weight is 417 g/mol. The lowest BCUT2D eigenvalue weighted by atomic mass is 10.0. The Kier molecular flexibility index (Phi) is 6.18. The van der Waals surface area contributed by atoms with Crippen molar-refractivity contribution in [1.29, 1.82) is 0 Å². The first-order chi connectivity index (χ1) is 13.9. The molecule has 0 saturated carbocycles. The van der Waals surface area contributed by atoms with Gasteiger partial charge in [-0.2, -0.15) is 8.42 Å². The van der Waals surface area contributed by atoms with Crippen LogP contribution in [0.1, 0.15) is 22.8 Å². The first-order valence-corrected chi connectivity index (χ1v) is 10.3. The number of carbonyl (C=O) groups excluding carboxylic acids is 2. The summed E-state index contributed by atoms with van der Waals surface area (Å²) in [7, 11) is -4.09. The molecule has 0 amide bonds. The second kappa shape index (κ2) is 8.78. The van der Waals surface area contributed by atoms with Gasteiger partial charge in [0.15, 0.2) is 6.10 Å². The van der Waals surface area contributed by atoms with Crippen molar-refractivity contribution in [1.82, 2.24) is 0 Å². The zero-order chi connectivity index (χ0) is 20.9. The van der Waals surface area contributed by atoms with E-state index in [2.05, 4.69) is 4.74 Å². The molecule has 2 N–H and O–H groups in total.